The standard InChI is InChI=1S/C33H36O6Si/c1-32(2,3)40(26-11-6-4-7-12-26,27-13-8-5-9-14-27)39-28-17-16-24-23-25(31(34)38-30(24)28)18-19-33(36-21-22-37-33)29-15-10-20-35-29/h4-15,20,23,28H,16-19,21-22H2,1-3H3. The van der Waals surface area contributed by atoms with Crippen molar-refractivity contribution in [3.05, 3.63) is 118 Å². The summed E-state index contributed by atoms with van der Waals surface area (Å²) in [5.41, 5.74) is 1.33. The molecule has 2 aromatic heterocycles. The van der Waals surface area contributed by atoms with Gasteiger partial charge in [0.05, 0.1) is 19.5 Å². The van der Waals surface area contributed by atoms with Gasteiger partial charge in [-0.3, -0.25) is 0 Å². The number of hydrogen-bond donors (Lipinski definition) is 0. The maximum absolute atomic E-state index is 13.3. The Labute approximate surface area is 236 Å². The van der Waals surface area contributed by atoms with Crippen molar-refractivity contribution in [1.82, 2.24) is 0 Å². The second kappa shape index (κ2) is 10.6. The lowest BCUT2D eigenvalue weighted by Gasteiger charge is -2.44. The van der Waals surface area contributed by atoms with Gasteiger partial charge < -0.3 is 22.7 Å². The zero-order chi connectivity index (χ0) is 27.8. The van der Waals surface area contributed by atoms with Crippen LogP contribution >= 0.6 is 0 Å². The van der Waals surface area contributed by atoms with Gasteiger partial charge in [0.25, 0.3) is 8.32 Å². The summed E-state index contributed by atoms with van der Waals surface area (Å²) in [6.45, 7) is 7.75. The van der Waals surface area contributed by atoms with Crippen LogP contribution in [0.3, 0.4) is 0 Å². The number of furan rings is 1. The fourth-order valence-electron chi connectivity index (χ4n) is 6.31. The van der Waals surface area contributed by atoms with Crippen molar-refractivity contribution in [3.8, 4) is 0 Å². The van der Waals surface area contributed by atoms with Gasteiger partial charge in [-0.25, -0.2) is 4.79 Å². The number of fused-ring (bicyclic) bond motifs is 1. The maximum Gasteiger partial charge on any atom is 0.339 e. The van der Waals surface area contributed by atoms with Gasteiger partial charge in [0, 0.05) is 12.0 Å². The van der Waals surface area contributed by atoms with Gasteiger partial charge >= 0.3 is 5.63 Å². The Hall–Kier alpha value is -3.23. The predicted octanol–water partition coefficient (Wildman–Crippen LogP) is 5.63. The SMILES string of the molecule is CC(C)(C)[Si](OC1CCc2cc(CCC3(c4ccco4)OCCO3)c(=O)oc21)(c1ccccc1)c1ccccc1. The average Bonchev–Trinajstić information content (AvgIpc) is 3.73. The van der Waals surface area contributed by atoms with Crippen LogP contribution in [0, 0.1) is 0 Å². The van der Waals surface area contributed by atoms with E-state index in [1.807, 2.05) is 30.3 Å². The summed E-state index contributed by atoms with van der Waals surface area (Å²) in [6, 6.07) is 26.8. The second-order valence-electron chi connectivity index (χ2n) is 11.7. The van der Waals surface area contributed by atoms with Gasteiger partial charge in [-0.2, -0.15) is 0 Å². The molecule has 7 heteroatoms. The Balaban J connectivity index is 1.32. The van der Waals surface area contributed by atoms with E-state index in [1.54, 1.807) is 6.26 Å². The van der Waals surface area contributed by atoms with Crippen molar-refractivity contribution < 1.29 is 22.7 Å². The Kier molecular flexibility index (Phi) is 7.17. The molecule has 2 aliphatic rings. The van der Waals surface area contributed by atoms with E-state index >= 15 is 0 Å². The highest BCUT2D eigenvalue weighted by molar-refractivity contribution is 6.99. The highest BCUT2D eigenvalue weighted by Gasteiger charge is 2.52. The second-order valence-corrected chi connectivity index (χ2v) is 15.9. The van der Waals surface area contributed by atoms with Crippen molar-refractivity contribution in [2.45, 2.75) is 63.4 Å². The third-order valence-corrected chi connectivity index (χ3v) is 13.3. The Morgan fingerprint density at radius 2 is 1.57 bits per heavy atom. The summed E-state index contributed by atoms with van der Waals surface area (Å²) in [5, 5.41) is 2.25. The summed E-state index contributed by atoms with van der Waals surface area (Å²) in [6.07, 6.45) is 3.81. The number of ether oxygens (including phenoxy) is 2. The molecule has 1 unspecified atom stereocenters. The number of benzene rings is 2. The molecule has 3 heterocycles. The summed E-state index contributed by atoms with van der Waals surface area (Å²) in [5.74, 6) is 0.314. The molecular weight excluding hydrogens is 520 g/mol. The lowest BCUT2D eigenvalue weighted by molar-refractivity contribution is -0.183. The lowest BCUT2D eigenvalue weighted by atomic mass is 10.0. The van der Waals surface area contributed by atoms with Crippen LogP contribution in [0.15, 0.2) is 98.8 Å². The van der Waals surface area contributed by atoms with Crippen LogP contribution in [0.2, 0.25) is 5.04 Å². The lowest BCUT2D eigenvalue weighted by Crippen LogP contribution is -2.66. The first kappa shape index (κ1) is 27.0. The molecule has 1 aliphatic heterocycles. The molecule has 0 radical (unpaired) electrons. The molecule has 6 rings (SSSR count). The highest BCUT2D eigenvalue weighted by atomic mass is 28.4. The van der Waals surface area contributed by atoms with Crippen LogP contribution in [0.5, 0.6) is 0 Å². The van der Waals surface area contributed by atoms with Crippen molar-refractivity contribution in [3.63, 3.8) is 0 Å². The molecule has 1 aliphatic carbocycles. The molecule has 6 nitrogen and oxygen atoms in total. The van der Waals surface area contributed by atoms with Crippen LogP contribution in [0.25, 0.3) is 0 Å². The first-order chi connectivity index (χ1) is 19.3. The van der Waals surface area contributed by atoms with Gasteiger partial charge in [-0.1, -0.05) is 81.4 Å². The summed E-state index contributed by atoms with van der Waals surface area (Å²) < 4.78 is 30.9. The van der Waals surface area contributed by atoms with E-state index < -0.39 is 14.1 Å². The van der Waals surface area contributed by atoms with E-state index in [4.69, 9.17) is 22.7 Å². The summed E-state index contributed by atoms with van der Waals surface area (Å²) >= 11 is 0. The van der Waals surface area contributed by atoms with Gasteiger partial charge in [-0.15, -0.1) is 0 Å². The minimum Gasteiger partial charge on any atom is -0.464 e. The van der Waals surface area contributed by atoms with Gasteiger partial charge in [-0.05, 0) is 58.4 Å². The van der Waals surface area contributed by atoms with Gasteiger partial charge in [0.1, 0.15) is 11.9 Å². The smallest absolute Gasteiger partial charge is 0.339 e. The molecule has 0 saturated carbocycles. The third kappa shape index (κ3) is 4.71. The quantitative estimate of drug-likeness (QED) is 0.262. The first-order valence-corrected chi connectivity index (χ1v) is 16.0. The molecule has 2 aromatic carbocycles. The maximum atomic E-state index is 13.3. The van der Waals surface area contributed by atoms with E-state index in [1.165, 1.54) is 10.4 Å². The third-order valence-electron chi connectivity index (χ3n) is 8.21. The molecule has 1 atom stereocenters. The monoisotopic (exact) mass is 556 g/mol. The van der Waals surface area contributed by atoms with Crippen molar-refractivity contribution >= 4 is 18.7 Å². The Morgan fingerprint density at radius 3 is 2.15 bits per heavy atom. The van der Waals surface area contributed by atoms with E-state index in [0.29, 0.717) is 43.1 Å². The van der Waals surface area contributed by atoms with Crippen LogP contribution in [0.4, 0.5) is 0 Å². The molecular formula is C33H36O6Si. The molecule has 40 heavy (non-hydrogen) atoms. The molecule has 208 valence electrons. The molecule has 0 bridgehead atoms. The fraction of sp³-hybridized carbons (Fsp3) is 0.364. The largest absolute Gasteiger partial charge is 0.464 e. The normalized spacial score (nSPS) is 18.6. The van der Waals surface area contributed by atoms with Gasteiger partial charge in [0.2, 0.25) is 5.79 Å². The van der Waals surface area contributed by atoms with E-state index in [9.17, 15) is 4.79 Å². The van der Waals surface area contributed by atoms with Crippen molar-refractivity contribution in [1.29, 1.82) is 0 Å². The summed E-state index contributed by atoms with van der Waals surface area (Å²) in [4.78, 5) is 13.3. The topological polar surface area (TPSA) is 71.0 Å². The molecule has 0 spiro atoms. The van der Waals surface area contributed by atoms with Gasteiger partial charge in [0.15, 0.2) is 5.76 Å². The van der Waals surface area contributed by atoms with Crippen molar-refractivity contribution in [2.75, 3.05) is 13.2 Å². The molecule has 1 saturated heterocycles. The number of rotatable bonds is 8. The van der Waals surface area contributed by atoms with E-state index in [2.05, 4.69) is 69.3 Å². The molecule has 4 aromatic rings. The predicted molar refractivity (Wildman–Crippen MR) is 155 cm³/mol. The van der Waals surface area contributed by atoms with Crippen LogP contribution in [-0.2, 0) is 32.5 Å². The summed E-state index contributed by atoms with van der Waals surface area (Å²) in [7, 11) is -2.79. The Bertz CT molecular complexity index is 1440. The Morgan fingerprint density at radius 1 is 0.925 bits per heavy atom. The van der Waals surface area contributed by atoms with E-state index in [-0.39, 0.29) is 16.8 Å². The number of hydrogen-bond acceptors (Lipinski definition) is 6. The zero-order valence-corrected chi connectivity index (χ0v) is 24.4. The van der Waals surface area contributed by atoms with Crippen LogP contribution in [-0.4, -0.2) is 21.5 Å². The fourth-order valence-corrected chi connectivity index (χ4v) is 11.0. The molecule has 0 amide bonds. The number of aryl methyl sites for hydroxylation is 2. The van der Waals surface area contributed by atoms with E-state index in [0.717, 1.165) is 18.4 Å². The average molecular weight is 557 g/mol. The van der Waals surface area contributed by atoms with Crippen LogP contribution < -0.4 is 16.0 Å². The minimum absolute atomic E-state index is 0.167. The molecule has 1 fully saturated rings. The zero-order valence-electron chi connectivity index (χ0n) is 23.4. The minimum atomic E-state index is -2.79. The first-order valence-electron chi connectivity index (χ1n) is 14.1. The van der Waals surface area contributed by atoms with Crippen molar-refractivity contribution in [2.24, 2.45) is 0 Å². The van der Waals surface area contributed by atoms with Crippen LogP contribution in [0.1, 0.15) is 62.4 Å². The molecule has 0 N–H and O–H groups in total. The highest BCUT2D eigenvalue weighted by Crippen LogP contribution is 2.44.